The predicted octanol–water partition coefficient (Wildman–Crippen LogP) is 3.63. The lowest BCUT2D eigenvalue weighted by atomic mass is 10.0. The first-order valence-electron chi connectivity index (χ1n) is 4.53. The molecule has 0 aliphatic carbocycles. The molecule has 0 radical (unpaired) electrons. The molecule has 0 nitrogen and oxygen atoms in total. The van der Waals surface area contributed by atoms with Gasteiger partial charge in [0.2, 0.25) is 0 Å². The minimum Gasteiger partial charge on any atom is -0.207 e. The van der Waals surface area contributed by atoms with E-state index in [0.29, 0.717) is 11.8 Å². The average molecular weight is 201 g/mol. The average Bonchev–Trinajstić information content (AvgIpc) is 2.16. The van der Waals surface area contributed by atoms with E-state index >= 15 is 0 Å². The van der Waals surface area contributed by atoms with E-state index in [1.165, 1.54) is 6.07 Å². The van der Waals surface area contributed by atoms with Crippen molar-refractivity contribution in [3.8, 4) is 0 Å². The molecular weight excluding hydrogens is 187 g/mol. The zero-order valence-electron chi connectivity index (χ0n) is 7.76. The van der Waals surface area contributed by atoms with Gasteiger partial charge in [-0.15, -0.1) is 11.6 Å². The van der Waals surface area contributed by atoms with Gasteiger partial charge in [0, 0.05) is 5.88 Å². The molecular formula is C11H14ClF. The van der Waals surface area contributed by atoms with Crippen LogP contribution in [-0.2, 0) is 6.42 Å². The molecule has 0 saturated heterocycles. The van der Waals surface area contributed by atoms with Crippen molar-refractivity contribution in [2.45, 2.75) is 19.8 Å². The van der Waals surface area contributed by atoms with Crippen molar-refractivity contribution in [3.05, 3.63) is 35.6 Å². The maximum atomic E-state index is 13.1. The predicted molar refractivity (Wildman–Crippen MR) is 54.6 cm³/mol. The van der Waals surface area contributed by atoms with Crippen molar-refractivity contribution >= 4 is 11.6 Å². The van der Waals surface area contributed by atoms with Crippen LogP contribution in [0.25, 0.3) is 0 Å². The maximum Gasteiger partial charge on any atom is 0.126 e. The third-order valence-corrected chi connectivity index (χ3v) is 2.65. The first-order chi connectivity index (χ1) is 6.24. The molecule has 1 atom stereocenters. The number of benzene rings is 1. The van der Waals surface area contributed by atoms with E-state index in [1.54, 1.807) is 6.07 Å². The minimum absolute atomic E-state index is 0.107. The molecule has 72 valence electrons. The lowest BCUT2D eigenvalue weighted by molar-refractivity contribution is 0.562. The highest BCUT2D eigenvalue weighted by atomic mass is 35.5. The van der Waals surface area contributed by atoms with Crippen LogP contribution in [0.15, 0.2) is 24.3 Å². The Morgan fingerprint density at radius 1 is 1.38 bits per heavy atom. The van der Waals surface area contributed by atoms with Gasteiger partial charge in [0.15, 0.2) is 0 Å². The van der Waals surface area contributed by atoms with Crippen LogP contribution in [0.2, 0.25) is 0 Å². The molecule has 13 heavy (non-hydrogen) atoms. The van der Waals surface area contributed by atoms with Gasteiger partial charge < -0.3 is 0 Å². The van der Waals surface area contributed by atoms with E-state index < -0.39 is 0 Å². The highest BCUT2D eigenvalue weighted by molar-refractivity contribution is 6.18. The van der Waals surface area contributed by atoms with Crippen molar-refractivity contribution in [2.75, 3.05) is 5.88 Å². The van der Waals surface area contributed by atoms with E-state index in [4.69, 9.17) is 11.6 Å². The van der Waals surface area contributed by atoms with Gasteiger partial charge in [-0.2, -0.15) is 0 Å². The Kier molecular flexibility index (Phi) is 4.23. The van der Waals surface area contributed by atoms with Crippen LogP contribution >= 0.6 is 11.6 Å². The summed E-state index contributed by atoms with van der Waals surface area (Å²) in [4.78, 5) is 0. The van der Waals surface area contributed by atoms with Gasteiger partial charge in [0.1, 0.15) is 5.82 Å². The Bertz CT molecular complexity index is 260. The number of halogens is 2. The van der Waals surface area contributed by atoms with Gasteiger partial charge in [-0.1, -0.05) is 25.1 Å². The van der Waals surface area contributed by atoms with Crippen molar-refractivity contribution in [1.82, 2.24) is 0 Å². The molecule has 0 fully saturated rings. The van der Waals surface area contributed by atoms with Crippen molar-refractivity contribution in [3.63, 3.8) is 0 Å². The third kappa shape index (κ3) is 3.35. The lowest BCUT2D eigenvalue weighted by Gasteiger charge is -2.07. The molecule has 0 aromatic heterocycles. The molecule has 0 aliphatic rings. The van der Waals surface area contributed by atoms with E-state index in [-0.39, 0.29) is 5.82 Å². The largest absolute Gasteiger partial charge is 0.207 e. The Morgan fingerprint density at radius 3 is 2.69 bits per heavy atom. The van der Waals surface area contributed by atoms with Crippen molar-refractivity contribution in [2.24, 2.45) is 5.92 Å². The lowest BCUT2D eigenvalue weighted by Crippen LogP contribution is -1.99. The SMILES string of the molecule is CC(CCl)CCc1ccccc1F. The van der Waals surface area contributed by atoms with Crippen molar-refractivity contribution in [1.29, 1.82) is 0 Å². The van der Waals surface area contributed by atoms with Crippen LogP contribution in [0.5, 0.6) is 0 Å². The molecule has 1 unspecified atom stereocenters. The summed E-state index contributed by atoms with van der Waals surface area (Å²) in [5.74, 6) is 1.000. The molecule has 0 spiro atoms. The Labute approximate surface area is 83.7 Å². The van der Waals surface area contributed by atoms with Crippen LogP contribution in [-0.4, -0.2) is 5.88 Å². The first kappa shape index (κ1) is 10.5. The maximum absolute atomic E-state index is 13.1. The van der Waals surface area contributed by atoms with Gasteiger partial charge in [-0.25, -0.2) is 4.39 Å². The van der Waals surface area contributed by atoms with Crippen molar-refractivity contribution < 1.29 is 4.39 Å². The summed E-state index contributed by atoms with van der Waals surface area (Å²) in [7, 11) is 0. The summed E-state index contributed by atoms with van der Waals surface area (Å²) in [6.07, 6.45) is 1.73. The van der Waals surface area contributed by atoms with Crippen LogP contribution in [0, 0.1) is 11.7 Å². The quantitative estimate of drug-likeness (QED) is 0.652. The number of rotatable bonds is 4. The van der Waals surface area contributed by atoms with Gasteiger partial charge in [0.25, 0.3) is 0 Å². The highest BCUT2D eigenvalue weighted by Crippen LogP contribution is 2.13. The van der Waals surface area contributed by atoms with E-state index in [9.17, 15) is 4.39 Å². The number of hydrogen-bond acceptors (Lipinski definition) is 0. The molecule has 1 aromatic carbocycles. The fourth-order valence-corrected chi connectivity index (χ4v) is 1.33. The van der Waals surface area contributed by atoms with Gasteiger partial charge in [0.05, 0.1) is 0 Å². The van der Waals surface area contributed by atoms with Crippen LogP contribution in [0.4, 0.5) is 4.39 Å². The van der Waals surface area contributed by atoms with E-state index in [1.807, 2.05) is 12.1 Å². The highest BCUT2D eigenvalue weighted by Gasteiger charge is 2.03. The molecule has 1 rings (SSSR count). The second kappa shape index (κ2) is 5.23. The third-order valence-electron chi connectivity index (χ3n) is 2.13. The molecule has 0 heterocycles. The second-order valence-electron chi connectivity index (χ2n) is 3.39. The molecule has 0 bridgehead atoms. The summed E-state index contributed by atoms with van der Waals surface area (Å²) < 4.78 is 13.1. The summed E-state index contributed by atoms with van der Waals surface area (Å²) in [6.45, 7) is 2.08. The fraction of sp³-hybridized carbons (Fsp3) is 0.455. The number of alkyl halides is 1. The number of hydrogen-bond donors (Lipinski definition) is 0. The molecule has 0 aliphatic heterocycles. The van der Waals surface area contributed by atoms with Crippen LogP contribution in [0.3, 0.4) is 0 Å². The minimum atomic E-state index is -0.107. The normalized spacial score (nSPS) is 12.8. The standard InChI is InChI=1S/C11H14ClF/c1-9(8-12)6-7-10-4-2-3-5-11(10)13/h2-5,9H,6-8H2,1H3. The van der Waals surface area contributed by atoms with Crippen LogP contribution < -0.4 is 0 Å². The monoisotopic (exact) mass is 200 g/mol. The van der Waals surface area contributed by atoms with E-state index in [0.717, 1.165) is 18.4 Å². The Hall–Kier alpha value is -0.560. The summed E-state index contributed by atoms with van der Waals surface area (Å²) in [5, 5.41) is 0. The van der Waals surface area contributed by atoms with Gasteiger partial charge in [-0.05, 0) is 30.4 Å². The first-order valence-corrected chi connectivity index (χ1v) is 5.07. The fourth-order valence-electron chi connectivity index (χ4n) is 1.18. The summed E-state index contributed by atoms with van der Waals surface area (Å²) in [6, 6.07) is 6.91. The smallest absolute Gasteiger partial charge is 0.126 e. The van der Waals surface area contributed by atoms with Gasteiger partial charge >= 0.3 is 0 Å². The second-order valence-corrected chi connectivity index (χ2v) is 3.70. The van der Waals surface area contributed by atoms with E-state index in [2.05, 4.69) is 6.92 Å². The van der Waals surface area contributed by atoms with Crippen LogP contribution in [0.1, 0.15) is 18.9 Å². The number of aryl methyl sites for hydroxylation is 1. The topological polar surface area (TPSA) is 0 Å². The molecule has 0 N–H and O–H groups in total. The molecule has 2 heteroatoms. The molecule has 1 aromatic rings. The molecule has 0 saturated carbocycles. The zero-order chi connectivity index (χ0) is 9.68. The Morgan fingerprint density at radius 2 is 2.08 bits per heavy atom. The zero-order valence-corrected chi connectivity index (χ0v) is 8.52. The molecule has 0 amide bonds. The Balaban J connectivity index is 2.50. The summed E-state index contributed by atoms with van der Waals surface area (Å²) in [5.41, 5.74) is 0.791. The summed E-state index contributed by atoms with van der Waals surface area (Å²) >= 11 is 5.66. The van der Waals surface area contributed by atoms with Gasteiger partial charge in [-0.3, -0.25) is 0 Å².